The molecule has 0 saturated carbocycles. The van der Waals surface area contributed by atoms with E-state index in [1.807, 2.05) is 0 Å². The predicted molar refractivity (Wildman–Crippen MR) is 44.7 cm³/mol. The summed E-state index contributed by atoms with van der Waals surface area (Å²) in [5.74, 6) is -0.0389. The molecule has 8 heteroatoms. The Hall–Kier alpha value is -1.47. The number of nitrogen functional groups attached to an aromatic ring is 1. The summed E-state index contributed by atoms with van der Waals surface area (Å²) in [5.41, 5.74) is 5.20. The number of alkyl halides is 3. The van der Waals surface area contributed by atoms with E-state index in [2.05, 4.69) is 15.2 Å². The van der Waals surface area contributed by atoms with Gasteiger partial charge in [-0.05, 0) is 6.92 Å². The molecule has 1 rings (SSSR count). The van der Waals surface area contributed by atoms with Crippen LogP contribution in [-0.2, 0) is 0 Å². The topological polar surface area (TPSA) is 70.8 Å². The molecule has 0 bridgehead atoms. The zero-order chi connectivity index (χ0) is 10.8. The van der Waals surface area contributed by atoms with Crippen LogP contribution >= 0.6 is 0 Å². The van der Waals surface area contributed by atoms with E-state index in [4.69, 9.17) is 5.73 Å². The zero-order valence-electron chi connectivity index (χ0n) is 7.47. The molecule has 14 heavy (non-hydrogen) atoms. The third-order valence-corrected chi connectivity index (χ3v) is 1.53. The fourth-order valence-corrected chi connectivity index (χ4v) is 0.947. The molecule has 0 radical (unpaired) electrons. The molecule has 80 valence electrons. The number of nitrogens with zero attached hydrogens (tertiary/aromatic N) is 3. The number of H-pyrrole nitrogens is 1. The summed E-state index contributed by atoms with van der Waals surface area (Å²) >= 11 is 0. The van der Waals surface area contributed by atoms with Gasteiger partial charge < -0.3 is 10.6 Å². The summed E-state index contributed by atoms with van der Waals surface area (Å²) in [6.07, 6.45) is -4.27. The molecular formula is C6H10F3N5. The van der Waals surface area contributed by atoms with Gasteiger partial charge in [-0.2, -0.15) is 18.2 Å². The first-order valence-corrected chi connectivity index (χ1v) is 3.92. The molecule has 0 fully saturated rings. The second-order valence-electron chi connectivity index (χ2n) is 2.65. The highest BCUT2D eigenvalue weighted by Gasteiger charge is 2.31. The van der Waals surface area contributed by atoms with Gasteiger partial charge in [-0.25, -0.2) is 5.10 Å². The zero-order valence-corrected chi connectivity index (χ0v) is 7.47. The van der Waals surface area contributed by atoms with E-state index >= 15 is 0 Å². The number of nitrogens with one attached hydrogen (secondary N) is 1. The van der Waals surface area contributed by atoms with E-state index in [0.29, 0.717) is 0 Å². The molecule has 5 nitrogen and oxygen atoms in total. The molecule has 0 unspecified atom stereocenters. The number of rotatable bonds is 3. The fraction of sp³-hybridized carbons (Fsp3) is 0.667. The number of halogens is 3. The van der Waals surface area contributed by atoms with Crippen molar-refractivity contribution in [3.05, 3.63) is 0 Å². The lowest BCUT2D eigenvalue weighted by Crippen LogP contribution is -2.34. The molecule has 1 aromatic rings. The van der Waals surface area contributed by atoms with Gasteiger partial charge in [-0.3, -0.25) is 0 Å². The second-order valence-corrected chi connectivity index (χ2v) is 2.65. The number of aromatic nitrogens is 3. The third-order valence-electron chi connectivity index (χ3n) is 1.53. The molecule has 0 spiro atoms. The molecule has 1 aromatic heterocycles. The van der Waals surface area contributed by atoms with Crippen molar-refractivity contribution in [1.82, 2.24) is 15.2 Å². The van der Waals surface area contributed by atoms with Crippen molar-refractivity contribution < 1.29 is 13.2 Å². The summed E-state index contributed by atoms with van der Waals surface area (Å²) in [6.45, 7) is 0.663. The number of aromatic amines is 1. The average molecular weight is 209 g/mol. The molecular weight excluding hydrogens is 199 g/mol. The van der Waals surface area contributed by atoms with Crippen molar-refractivity contribution in [3.8, 4) is 0 Å². The fourth-order valence-electron chi connectivity index (χ4n) is 0.947. The quantitative estimate of drug-likeness (QED) is 0.771. The lowest BCUT2D eigenvalue weighted by molar-refractivity contribution is -0.119. The molecule has 3 N–H and O–H groups in total. The Morgan fingerprint density at radius 1 is 1.50 bits per heavy atom. The van der Waals surface area contributed by atoms with Gasteiger partial charge >= 0.3 is 6.18 Å². The van der Waals surface area contributed by atoms with Crippen LogP contribution < -0.4 is 10.6 Å². The third kappa shape index (κ3) is 2.79. The summed E-state index contributed by atoms with van der Waals surface area (Å²) in [4.78, 5) is 4.58. The maximum atomic E-state index is 12.0. The summed E-state index contributed by atoms with van der Waals surface area (Å²) < 4.78 is 36.1. The van der Waals surface area contributed by atoms with E-state index in [-0.39, 0.29) is 18.4 Å². The van der Waals surface area contributed by atoms with E-state index in [1.54, 1.807) is 6.92 Å². The highest BCUT2D eigenvalue weighted by molar-refractivity contribution is 5.33. The average Bonchev–Trinajstić information content (AvgIpc) is 2.46. The van der Waals surface area contributed by atoms with Gasteiger partial charge in [0.1, 0.15) is 6.54 Å². The lowest BCUT2D eigenvalue weighted by Gasteiger charge is -2.19. The normalized spacial score (nSPS) is 11.7. The monoisotopic (exact) mass is 209 g/mol. The molecule has 0 saturated heterocycles. The van der Waals surface area contributed by atoms with Crippen molar-refractivity contribution in [3.63, 3.8) is 0 Å². The molecule has 0 aromatic carbocycles. The molecule has 1 heterocycles. The van der Waals surface area contributed by atoms with Crippen LogP contribution in [0.4, 0.5) is 25.1 Å². The Balaban J connectivity index is 2.72. The van der Waals surface area contributed by atoms with Crippen molar-refractivity contribution >= 4 is 11.9 Å². The van der Waals surface area contributed by atoms with Gasteiger partial charge in [0.25, 0.3) is 0 Å². The summed E-state index contributed by atoms with van der Waals surface area (Å²) in [6, 6.07) is 0. The van der Waals surface area contributed by atoms with Crippen LogP contribution in [-0.4, -0.2) is 34.4 Å². The maximum Gasteiger partial charge on any atom is 0.406 e. The van der Waals surface area contributed by atoms with Crippen molar-refractivity contribution in [2.45, 2.75) is 13.1 Å². The first-order chi connectivity index (χ1) is 6.42. The van der Waals surface area contributed by atoms with Gasteiger partial charge in [-0.15, -0.1) is 5.10 Å². The van der Waals surface area contributed by atoms with Crippen LogP contribution in [0.25, 0.3) is 0 Å². The van der Waals surface area contributed by atoms with E-state index in [0.717, 1.165) is 4.90 Å². The minimum absolute atomic E-state index is 0.000578. The van der Waals surface area contributed by atoms with Gasteiger partial charge in [0.2, 0.25) is 11.9 Å². The van der Waals surface area contributed by atoms with Crippen molar-refractivity contribution in [2.24, 2.45) is 0 Å². The van der Waals surface area contributed by atoms with Crippen LogP contribution in [0.5, 0.6) is 0 Å². The van der Waals surface area contributed by atoms with Crippen LogP contribution in [0.15, 0.2) is 0 Å². The van der Waals surface area contributed by atoms with Crippen LogP contribution in [0, 0.1) is 0 Å². The van der Waals surface area contributed by atoms with Crippen LogP contribution in [0.2, 0.25) is 0 Å². The van der Waals surface area contributed by atoms with Crippen molar-refractivity contribution in [1.29, 1.82) is 0 Å². The van der Waals surface area contributed by atoms with E-state index in [9.17, 15) is 13.2 Å². The van der Waals surface area contributed by atoms with Gasteiger partial charge in [0, 0.05) is 6.54 Å². The Bertz CT molecular complexity index is 294. The minimum Gasteiger partial charge on any atom is -0.368 e. The maximum absolute atomic E-state index is 12.0. The largest absolute Gasteiger partial charge is 0.406 e. The Morgan fingerprint density at radius 3 is 2.50 bits per heavy atom. The summed E-state index contributed by atoms with van der Waals surface area (Å²) in [7, 11) is 0. The van der Waals surface area contributed by atoms with E-state index < -0.39 is 12.7 Å². The van der Waals surface area contributed by atoms with Crippen LogP contribution in [0.1, 0.15) is 6.92 Å². The van der Waals surface area contributed by atoms with Crippen molar-refractivity contribution in [2.75, 3.05) is 23.7 Å². The highest BCUT2D eigenvalue weighted by Crippen LogP contribution is 2.19. The molecule has 0 amide bonds. The standard InChI is InChI=1S/C6H10F3N5/c1-2-14(3-6(7,8)9)5-11-4(10)12-13-5/h2-3H2,1H3,(H3,10,11,12,13). The smallest absolute Gasteiger partial charge is 0.368 e. The number of hydrogen-bond donors (Lipinski definition) is 2. The SMILES string of the molecule is CCN(CC(F)(F)F)c1n[nH]c(N)n1. The van der Waals surface area contributed by atoms with Gasteiger partial charge in [-0.1, -0.05) is 0 Å². The number of hydrogen-bond acceptors (Lipinski definition) is 4. The first kappa shape index (κ1) is 10.6. The Labute approximate surface area is 78.1 Å². The summed E-state index contributed by atoms with van der Waals surface area (Å²) in [5, 5.41) is 5.81. The number of nitrogens with two attached hydrogens (primary N) is 1. The first-order valence-electron chi connectivity index (χ1n) is 3.92. The van der Waals surface area contributed by atoms with Gasteiger partial charge in [0.05, 0.1) is 0 Å². The Morgan fingerprint density at radius 2 is 2.14 bits per heavy atom. The van der Waals surface area contributed by atoms with Crippen LogP contribution in [0.3, 0.4) is 0 Å². The highest BCUT2D eigenvalue weighted by atomic mass is 19.4. The Kier molecular flexibility index (Phi) is 2.82. The number of anilines is 2. The lowest BCUT2D eigenvalue weighted by atomic mass is 10.5. The molecule has 0 aliphatic heterocycles. The second kappa shape index (κ2) is 3.72. The van der Waals surface area contributed by atoms with E-state index in [1.165, 1.54) is 0 Å². The minimum atomic E-state index is -4.27. The molecule has 0 atom stereocenters. The molecule has 0 aliphatic rings. The van der Waals surface area contributed by atoms with Gasteiger partial charge in [0.15, 0.2) is 0 Å². The predicted octanol–water partition coefficient (Wildman–Crippen LogP) is 0.776. The molecule has 0 aliphatic carbocycles.